The Bertz CT molecular complexity index is 1440. The van der Waals surface area contributed by atoms with E-state index in [-0.39, 0.29) is 6.04 Å². The Morgan fingerprint density at radius 1 is 0.767 bits per heavy atom. The highest BCUT2D eigenvalue weighted by Gasteiger charge is 2.18. The van der Waals surface area contributed by atoms with Gasteiger partial charge < -0.3 is 9.73 Å². The molecule has 0 fully saturated rings. The molecular formula is C28H21NO. The normalized spacial score (nSPS) is 15.9. The van der Waals surface area contributed by atoms with Crippen molar-refractivity contribution in [2.24, 2.45) is 0 Å². The van der Waals surface area contributed by atoms with Gasteiger partial charge in [0.1, 0.15) is 5.58 Å². The lowest BCUT2D eigenvalue weighted by Gasteiger charge is -2.16. The van der Waals surface area contributed by atoms with Crippen LogP contribution < -0.4 is 5.32 Å². The lowest BCUT2D eigenvalue weighted by Crippen LogP contribution is -2.16. The molecule has 1 atom stereocenters. The van der Waals surface area contributed by atoms with Gasteiger partial charge >= 0.3 is 0 Å². The van der Waals surface area contributed by atoms with Crippen LogP contribution in [-0.2, 0) is 0 Å². The van der Waals surface area contributed by atoms with Crippen LogP contribution in [-0.4, -0.2) is 6.04 Å². The summed E-state index contributed by atoms with van der Waals surface area (Å²) in [5.41, 5.74) is 5.21. The molecule has 6 rings (SSSR count). The van der Waals surface area contributed by atoms with Crippen LogP contribution in [0.1, 0.15) is 6.42 Å². The van der Waals surface area contributed by atoms with Crippen molar-refractivity contribution in [3.8, 4) is 11.1 Å². The quantitative estimate of drug-likeness (QED) is 0.343. The van der Waals surface area contributed by atoms with Crippen molar-refractivity contribution in [3.05, 3.63) is 103 Å². The van der Waals surface area contributed by atoms with Crippen LogP contribution in [0.25, 0.3) is 43.8 Å². The van der Waals surface area contributed by atoms with E-state index in [2.05, 4.69) is 108 Å². The van der Waals surface area contributed by atoms with Crippen molar-refractivity contribution in [2.45, 2.75) is 12.5 Å². The lowest BCUT2D eigenvalue weighted by molar-refractivity contribution is 0.670. The highest BCUT2D eigenvalue weighted by atomic mass is 16.3. The van der Waals surface area contributed by atoms with E-state index in [0.717, 1.165) is 34.2 Å². The number of anilines is 1. The summed E-state index contributed by atoms with van der Waals surface area (Å²) in [4.78, 5) is 0. The fourth-order valence-corrected chi connectivity index (χ4v) is 4.48. The number of hydrogen-bond acceptors (Lipinski definition) is 2. The molecule has 4 aromatic carbocycles. The summed E-state index contributed by atoms with van der Waals surface area (Å²) in [6.45, 7) is 0. The molecule has 1 unspecified atom stereocenters. The molecule has 0 amide bonds. The number of hydrogen-bond donors (Lipinski definition) is 1. The van der Waals surface area contributed by atoms with E-state index >= 15 is 0 Å². The van der Waals surface area contributed by atoms with E-state index in [4.69, 9.17) is 4.42 Å². The SMILES string of the molecule is C1=CCC(Nc2cccc3c2oc2c(-c4ccccc4)cc4ccccc4c23)C=C1. The van der Waals surface area contributed by atoms with Gasteiger partial charge in [-0.05, 0) is 34.9 Å². The predicted molar refractivity (Wildman–Crippen MR) is 127 cm³/mol. The zero-order chi connectivity index (χ0) is 19.9. The number of nitrogens with one attached hydrogen (secondary N) is 1. The van der Waals surface area contributed by atoms with E-state index in [1.54, 1.807) is 0 Å². The van der Waals surface area contributed by atoms with E-state index in [0.29, 0.717) is 0 Å². The fourth-order valence-electron chi connectivity index (χ4n) is 4.48. The largest absolute Gasteiger partial charge is 0.453 e. The first kappa shape index (κ1) is 17.1. The molecule has 0 saturated carbocycles. The maximum Gasteiger partial charge on any atom is 0.158 e. The number of fused-ring (bicyclic) bond motifs is 5. The molecule has 2 nitrogen and oxygen atoms in total. The Morgan fingerprint density at radius 2 is 1.60 bits per heavy atom. The van der Waals surface area contributed by atoms with Crippen LogP contribution in [0.5, 0.6) is 0 Å². The monoisotopic (exact) mass is 387 g/mol. The first-order valence-corrected chi connectivity index (χ1v) is 10.4. The maximum atomic E-state index is 6.61. The van der Waals surface area contributed by atoms with Crippen LogP contribution in [0.2, 0.25) is 0 Å². The molecule has 144 valence electrons. The van der Waals surface area contributed by atoms with Gasteiger partial charge in [0.25, 0.3) is 0 Å². The molecule has 5 aromatic rings. The molecule has 1 heterocycles. The summed E-state index contributed by atoms with van der Waals surface area (Å²) in [6, 6.07) is 28.0. The first-order valence-electron chi connectivity index (χ1n) is 10.4. The molecule has 2 heteroatoms. The predicted octanol–water partition coefficient (Wildman–Crippen LogP) is 7.70. The molecule has 1 aliphatic rings. The third kappa shape index (κ3) is 2.73. The Balaban J connectivity index is 1.66. The first-order chi connectivity index (χ1) is 14.9. The minimum Gasteiger partial charge on any atom is -0.453 e. The van der Waals surface area contributed by atoms with E-state index in [9.17, 15) is 0 Å². The van der Waals surface area contributed by atoms with Gasteiger partial charge in [0.15, 0.2) is 5.58 Å². The van der Waals surface area contributed by atoms with E-state index in [1.807, 2.05) is 0 Å². The average molecular weight is 387 g/mol. The zero-order valence-electron chi connectivity index (χ0n) is 16.5. The summed E-state index contributed by atoms with van der Waals surface area (Å²) >= 11 is 0. The van der Waals surface area contributed by atoms with Crippen LogP contribution in [0, 0.1) is 0 Å². The fraction of sp³-hybridized carbons (Fsp3) is 0.0714. The number of allylic oxidation sites excluding steroid dienone is 2. The Morgan fingerprint density at radius 3 is 2.47 bits per heavy atom. The summed E-state index contributed by atoms with van der Waals surface area (Å²) in [6.07, 6.45) is 9.56. The molecule has 0 aliphatic heterocycles. The number of benzene rings is 4. The standard InChI is InChI=1S/C28H21NO/c1-3-10-19(11-4-1)24-18-20-12-7-8-15-22(20)26-23-16-9-17-25(27(23)30-28(24)26)29-21-13-5-2-6-14-21/h1-13,15-18,21,29H,14H2. The molecule has 1 aliphatic carbocycles. The summed E-state index contributed by atoms with van der Waals surface area (Å²) in [7, 11) is 0. The maximum absolute atomic E-state index is 6.61. The Hall–Kier alpha value is -3.78. The second-order valence-electron chi connectivity index (χ2n) is 7.80. The Labute approximate surface area is 175 Å². The summed E-state index contributed by atoms with van der Waals surface area (Å²) < 4.78 is 6.61. The molecule has 0 spiro atoms. The molecule has 0 radical (unpaired) electrons. The van der Waals surface area contributed by atoms with Crippen molar-refractivity contribution < 1.29 is 4.42 Å². The van der Waals surface area contributed by atoms with Crippen LogP contribution in [0.3, 0.4) is 0 Å². The minimum atomic E-state index is 0.277. The third-order valence-electron chi connectivity index (χ3n) is 5.90. The van der Waals surface area contributed by atoms with Crippen LogP contribution >= 0.6 is 0 Å². The van der Waals surface area contributed by atoms with Gasteiger partial charge in [0.05, 0.1) is 5.69 Å². The van der Waals surface area contributed by atoms with Gasteiger partial charge in [-0.1, -0.05) is 91.0 Å². The molecular weight excluding hydrogens is 366 g/mol. The van der Waals surface area contributed by atoms with E-state index < -0.39 is 0 Å². The number of furan rings is 1. The number of para-hydroxylation sites is 1. The van der Waals surface area contributed by atoms with Gasteiger partial charge in [-0.2, -0.15) is 0 Å². The highest BCUT2D eigenvalue weighted by molar-refractivity contribution is 6.23. The minimum absolute atomic E-state index is 0.277. The summed E-state index contributed by atoms with van der Waals surface area (Å²) in [5.74, 6) is 0. The highest BCUT2D eigenvalue weighted by Crippen LogP contribution is 2.42. The van der Waals surface area contributed by atoms with Gasteiger partial charge in [-0.3, -0.25) is 0 Å². The molecule has 0 saturated heterocycles. The Kier molecular flexibility index (Phi) is 3.95. The molecule has 0 bridgehead atoms. The molecule has 1 N–H and O–H groups in total. The number of rotatable bonds is 3. The van der Waals surface area contributed by atoms with E-state index in [1.165, 1.54) is 21.7 Å². The van der Waals surface area contributed by atoms with Crippen LogP contribution in [0.4, 0.5) is 5.69 Å². The second-order valence-corrected chi connectivity index (χ2v) is 7.80. The lowest BCUT2D eigenvalue weighted by atomic mass is 9.96. The summed E-state index contributed by atoms with van der Waals surface area (Å²) in [5, 5.41) is 8.45. The van der Waals surface area contributed by atoms with Crippen molar-refractivity contribution >= 4 is 38.4 Å². The van der Waals surface area contributed by atoms with Gasteiger partial charge in [0, 0.05) is 22.4 Å². The second kappa shape index (κ2) is 6.93. The third-order valence-corrected chi connectivity index (χ3v) is 5.90. The van der Waals surface area contributed by atoms with Crippen molar-refractivity contribution in [2.75, 3.05) is 5.32 Å². The topological polar surface area (TPSA) is 25.2 Å². The van der Waals surface area contributed by atoms with Gasteiger partial charge in [-0.25, -0.2) is 0 Å². The average Bonchev–Trinajstić information content (AvgIpc) is 3.21. The van der Waals surface area contributed by atoms with Gasteiger partial charge in [0.2, 0.25) is 0 Å². The van der Waals surface area contributed by atoms with Gasteiger partial charge in [-0.15, -0.1) is 0 Å². The van der Waals surface area contributed by atoms with Crippen LogP contribution in [0.15, 0.2) is 108 Å². The van der Waals surface area contributed by atoms with Crippen molar-refractivity contribution in [1.29, 1.82) is 0 Å². The molecule has 1 aromatic heterocycles. The van der Waals surface area contributed by atoms with Crippen molar-refractivity contribution in [1.82, 2.24) is 0 Å². The zero-order valence-corrected chi connectivity index (χ0v) is 16.5. The smallest absolute Gasteiger partial charge is 0.158 e. The van der Waals surface area contributed by atoms with Crippen molar-refractivity contribution in [3.63, 3.8) is 0 Å². The molecule has 30 heavy (non-hydrogen) atoms.